The van der Waals surface area contributed by atoms with Crippen molar-refractivity contribution in [2.45, 2.75) is 26.0 Å². The van der Waals surface area contributed by atoms with Crippen LogP contribution in [0.25, 0.3) is 0 Å². The Kier molecular flexibility index (Phi) is 7.30. The highest BCUT2D eigenvalue weighted by atomic mass is 19.1. The Labute approximate surface area is 204 Å². The molecule has 0 aliphatic carbocycles. The molecule has 1 amide bonds. The summed E-state index contributed by atoms with van der Waals surface area (Å²) in [6.45, 7) is 4.21. The van der Waals surface area contributed by atoms with Crippen molar-refractivity contribution in [1.29, 1.82) is 0 Å². The zero-order chi connectivity index (χ0) is 24.0. The number of halogens is 1. The number of aromatic nitrogens is 2. The molecule has 5 rings (SSSR count). The van der Waals surface area contributed by atoms with E-state index in [0.717, 1.165) is 41.3 Å². The average Bonchev–Trinajstić information content (AvgIpc) is 2.89. The number of morpholine rings is 1. The Morgan fingerprint density at radius 3 is 2.60 bits per heavy atom. The van der Waals surface area contributed by atoms with Gasteiger partial charge in [-0.05, 0) is 23.3 Å². The normalized spacial score (nSPS) is 15.7. The minimum Gasteiger partial charge on any atom is -0.378 e. The quantitative estimate of drug-likeness (QED) is 0.522. The third-order valence-electron chi connectivity index (χ3n) is 6.34. The van der Waals surface area contributed by atoms with Crippen molar-refractivity contribution in [2.24, 2.45) is 0 Å². The van der Waals surface area contributed by atoms with Gasteiger partial charge >= 0.3 is 0 Å². The number of amides is 1. The number of anilines is 1. The number of nitrogens with zero attached hydrogens (tertiary/aromatic N) is 4. The molecular weight excluding hydrogens is 447 g/mol. The number of hydrogen-bond acceptors (Lipinski definition) is 6. The number of benzene rings is 2. The molecule has 1 fully saturated rings. The van der Waals surface area contributed by atoms with Crippen LogP contribution in [-0.2, 0) is 40.3 Å². The predicted molar refractivity (Wildman–Crippen MR) is 129 cm³/mol. The molecule has 3 aromatic rings. The smallest absolute Gasteiger partial charge is 0.248 e. The molecule has 3 heterocycles. The summed E-state index contributed by atoms with van der Waals surface area (Å²) >= 11 is 0. The Hall–Kier alpha value is -3.36. The highest BCUT2D eigenvalue weighted by Gasteiger charge is 2.28. The molecule has 7 nitrogen and oxygen atoms in total. The van der Waals surface area contributed by atoms with E-state index in [1.165, 1.54) is 12.1 Å². The van der Waals surface area contributed by atoms with Gasteiger partial charge in [-0.3, -0.25) is 4.79 Å². The van der Waals surface area contributed by atoms with Crippen molar-refractivity contribution in [3.8, 4) is 0 Å². The number of carbonyl (C=O) groups excluding carboxylic acids is 1. The zero-order valence-electron chi connectivity index (χ0n) is 19.7. The molecule has 0 saturated carbocycles. The third kappa shape index (κ3) is 5.83. The van der Waals surface area contributed by atoms with E-state index in [9.17, 15) is 9.18 Å². The zero-order valence-corrected chi connectivity index (χ0v) is 19.7. The van der Waals surface area contributed by atoms with E-state index in [1.807, 2.05) is 41.3 Å². The van der Waals surface area contributed by atoms with Crippen LogP contribution in [0, 0.1) is 5.82 Å². The summed E-state index contributed by atoms with van der Waals surface area (Å²) in [5, 5.41) is 0. The number of hydrogen-bond donors (Lipinski definition) is 0. The lowest BCUT2D eigenvalue weighted by Crippen LogP contribution is -2.42. The van der Waals surface area contributed by atoms with Gasteiger partial charge in [-0.25, -0.2) is 14.4 Å². The van der Waals surface area contributed by atoms with Crippen molar-refractivity contribution in [3.63, 3.8) is 0 Å². The second kappa shape index (κ2) is 10.9. The molecule has 1 aromatic heterocycles. The molecule has 2 aliphatic heterocycles. The van der Waals surface area contributed by atoms with Crippen LogP contribution in [0.4, 0.5) is 10.2 Å². The highest BCUT2D eigenvalue weighted by Crippen LogP contribution is 2.28. The van der Waals surface area contributed by atoms with Crippen LogP contribution in [0.1, 0.15) is 28.2 Å². The van der Waals surface area contributed by atoms with Gasteiger partial charge in [0.2, 0.25) is 5.91 Å². The van der Waals surface area contributed by atoms with Crippen LogP contribution in [0.3, 0.4) is 0 Å². The van der Waals surface area contributed by atoms with Gasteiger partial charge in [0.25, 0.3) is 0 Å². The van der Waals surface area contributed by atoms with Crippen molar-refractivity contribution in [2.75, 3.05) is 44.4 Å². The summed E-state index contributed by atoms with van der Waals surface area (Å²) in [5.74, 6) is 1.22. The van der Waals surface area contributed by atoms with E-state index < -0.39 is 0 Å². The summed E-state index contributed by atoms with van der Waals surface area (Å²) in [6.07, 6.45) is 1.11. The minimum absolute atomic E-state index is 0.0373. The van der Waals surface area contributed by atoms with E-state index in [4.69, 9.17) is 19.4 Å². The maximum Gasteiger partial charge on any atom is 0.248 e. The average molecular weight is 477 g/mol. The first kappa shape index (κ1) is 23.4. The second-order valence-corrected chi connectivity index (χ2v) is 8.84. The van der Waals surface area contributed by atoms with Crippen molar-refractivity contribution in [1.82, 2.24) is 14.9 Å². The maximum atomic E-state index is 13.7. The Morgan fingerprint density at radius 2 is 1.80 bits per heavy atom. The fourth-order valence-electron chi connectivity index (χ4n) is 4.53. The molecule has 35 heavy (non-hydrogen) atoms. The molecule has 2 aromatic carbocycles. The van der Waals surface area contributed by atoms with Crippen molar-refractivity contribution < 1.29 is 18.7 Å². The molecule has 0 radical (unpaired) electrons. The van der Waals surface area contributed by atoms with Crippen LogP contribution in [0.15, 0.2) is 54.6 Å². The summed E-state index contributed by atoms with van der Waals surface area (Å²) in [6, 6.07) is 16.4. The van der Waals surface area contributed by atoms with Gasteiger partial charge in [0, 0.05) is 38.0 Å². The van der Waals surface area contributed by atoms with Crippen LogP contribution >= 0.6 is 0 Å². The van der Waals surface area contributed by atoms with Crippen LogP contribution in [-0.4, -0.2) is 60.2 Å². The minimum atomic E-state index is -0.266. The van der Waals surface area contributed by atoms with Gasteiger partial charge in [0.1, 0.15) is 24.1 Å². The summed E-state index contributed by atoms with van der Waals surface area (Å²) < 4.78 is 24.9. The lowest BCUT2D eigenvalue weighted by atomic mass is 10.0. The van der Waals surface area contributed by atoms with Crippen LogP contribution in [0.5, 0.6) is 0 Å². The third-order valence-corrected chi connectivity index (χ3v) is 6.34. The number of rotatable bonds is 7. The fourth-order valence-corrected chi connectivity index (χ4v) is 4.53. The number of carbonyl (C=O) groups is 1. The van der Waals surface area contributed by atoms with Crippen LogP contribution < -0.4 is 4.90 Å². The van der Waals surface area contributed by atoms with Crippen molar-refractivity contribution in [3.05, 3.63) is 88.6 Å². The summed E-state index contributed by atoms with van der Waals surface area (Å²) in [4.78, 5) is 26.7. The van der Waals surface area contributed by atoms with Gasteiger partial charge in [-0.2, -0.15) is 0 Å². The van der Waals surface area contributed by atoms with E-state index in [1.54, 1.807) is 6.07 Å². The van der Waals surface area contributed by atoms with E-state index >= 15 is 0 Å². The summed E-state index contributed by atoms with van der Waals surface area (Å²) in [7, 11) is 0. The molecule has 8 heteroatoms. The largest absolute Gasteiger partial charge is 0.378 e. The number of fused-ring (bicyclic) bond motifs is 1. The monoisotopic (exact) mass is 476 g/mol. The molecular formula is C27H29FN4O3. The first-order valence-electron chi connectivity index (χ1n) is 12.0. The molecule has 0 spiro atoms. The first-order valence-corrected chi connectivity index (χ1v) is 12.0. The number of ether oxygens (including phenoxy) is 2. The molecule has 0 bridgehead atoms. The summed E-state index contributed by atoms with van der Waals surface area (Å²) in [5.41, 5.74) is 3.82. The molecule has 2 aliphatic rings. The Morgan fingerprint density at radius 1 is 1.00 bits per heavy atom. The lowest BCUT2D eigenvalue weighted by Gasteiger charge is -2.34. The van der Waals surface area contributed by atoms with Gasteiger partial charge in [-0.1, -0.05) is 42.5 Å². The molecule has 182 valence electrons. The van der Waals surface area contributed by atoms with Gasteiger partial charge < -0.3 is 19.3 Å². The molecule has 0 unspecified atom stereocenters. The SMILES string of the molecule is O=C(COCc1ccccc1)N1CCc2nc(Cc3cccc(F)c3)nc(N3CCOCC3)c2C1. The fraction of sp³-hybridized carbons (Fsp3) is 0.370. The highest BCUT2D eigenvalue weighted by molar-refractivity contribution is 5.78. The molecule has 0 atom stereocenters. The standard InChI is InChI=1S/C27H29FN4O3/c28-22-8-4-7-21(15-22)16-25-29-24-9-10-32(26(33)19-35-18-20-5-2-1-3-6-20)17-23(24)27(30-25)31-11-13-34-14-12-31/h1-8,15H,9-14,16-19H2. The molecule has 0 N–H and O–H groups in total. The second-order valence-electron chi connectivity index (χ2n) is 8.84. The van der Waals surface area contributed by atoms with E-state index in [0.29, 0.717) is 51.6 Å². The molecule has 1 saturated heterocycles. The van der Waals surface area contributed by atoms with Crippen molar-refractivity contribution >= 4 is 11.7 Å². The van der Waals surface area contributed by atoms with Gasteiger partial charge in [-0.15, -0.1) is 0 Å². The lowest BCUT2D eigenvalue weighted by molar-refractivity contribution is -0.137. The van der Waals surface area contributed by atoms with Gasteiger partial charge in [0.15, 0.2) is 0 Å². The van der Waals surface area contributed by atoms with Gasteiger partial charge in [0.05, 0.1) is 32.1 Å². The van der Waals surface area contributed by atoms with E-state index in [2.05, 4.69) is 4.90 Å². The topological polar surface area (TPSA) is 67.8 Å². The first-order chi connectivity index (χ1) is 17.2. The Bertz CT molecular complexity index is 1170. The maximum absolute atomic E-state index is 13.7. The predicted octanol–water partition coefficient (Wildman–Crippen LogP) is 3.14. The van der Waals surface area contributed by atoms with E-state index in [-0.39, 0.29) is 18.3 Å². The Balaban J connectivity index is 1.33. The van der Waals surface area contributed by atoms with Crippen LogP contribution in [0.2, 0.25) is 0 Å².